The molecule has 0 radical (unpaired) electrons. The molecule has 0 aliphatic carbocycles. The molecule has 1 aliphatic rings. The van der Waals surface area contributed by atoms with Crippen LogP contribution in [0.2, 0.25) is 0 Å². The van der Waals surface area contributed by atoms with E-state index in [-0.39, 0.29) is 5.56 Å². The Bertz CT molecular complexity index is 472. The Morgan fingerprint density at radius 1 is 1.50 bits per heavy atom. The highest BCUT2D eigenvalue weighted by Crippen LogP contribution is 2.15. The highest BCUT2D eigenvalue weighted by molar-refractivity contribution is 7.98. The lowest BCUT2D eigenvalue weighted by atomic mass is 10.1. The van der Waals surface area contributed by atoms with Gasteiger partial charge in [0.2, 0.25) is 0 Å². The summed E-state index contributed by atoms with van der Waals surface area (Å²) in [6.45, 7) is 3.73. The molecule has 2 heterocycles. The summed E-state index contributed by atoms with van der Waals surface area (Å²) in [7, 11) is 4.13. The number of fused-ring (bicyclic) bond motifs is 1. The van der Waals surface area contributed by atoms with E-state index in [4.69, 9.17) is 0 Å². The van der Waals surface area contributed by atoms with Gasteiger partial charge in [0.25, 0.3) is 5.56 Å². The second kappa shape index (κ2) is 5.86. The molecule has 0 unspecified atom stereocenters. The van der Waals surface area contributed by atoms with Crippen molar-refractivity contribution >= 4 is 11.8 Å². The Morgan fingerprint density at radius 3 is 2.94 bits per heavy atom. The third kappa shape index (κ3) is 3.13. The standard InChI is InChI=1S/C12H20N4OS/c1-15(2)6-7-16-5-4-10-9(8-16)11(17)14-12(13-10)18-3/h4-8H2,1-3H3,(H,13,14,17). The van der Waals surface area contributed by atoms with Crippen molar-refractivity contribution < 1.29 is 0 Å². The van der Waals surface area contributed by atoms with Crippen LogP contribution in [0.3, 0.4) is 0 Å². The maximum absolute atomic E-state index is 12.0. The van der Waals surface area contributed by atoms with Crippen LogP contribution in [0.15, 0.2) is 9.95 Å². The number of hydrogen-bond donors (Lipinski definition) is 1. The molecule has 1 aromatic rings. The molecule has 5 nitrogen and oxygen atoms in total. The third-order valence-corrected chi connectivity index (χ3v) is 3.76. The second-order valence-electron chi connectivity index (χ2n) is 4.83. The van der Waals surface area contributed by atoms with Crippen LogP contribution in [0.25, 0.3) is 0 Å². The average molecular weight is 268 g/mol. The number of likely N-dealkylation sites (N-methyl/N-ethyl adjacent to an activating group) is 1. The van der Waals surface area contributed by atoms with Crippen molar-refractivity contribution in [3.05, 3.63) is 21.6 Å². The number of H-pyrrole nitrogens is 1. The molecule has 100 valence electrons. The molecule has 0 saturated heterocycles. The van der Waals surface area contributed by atoms with Gasteiger partial charge >= 0.3 is 0 Å². The SMILES string of the molecule is CSc1nc2c(c(=O)[nH]1)CN(CCN(C)C)CC2. The highest BCUT2D eigenvalue weighted by Gasteiger charge is 2.20. The van der Waals surface area contributed by atoms with Gasteiger partial charge in [0.15, 0.2) is 5.16 Å². The highest BCUT2D eigenvalue weighted by atomic mass is 32.2. The van der Waals surface area contributed by atoms with Crippen molar-refractivity contribution in [2.24, 2.45) is 0 Å². The van der Waals surface area contributed by atoms with Crippen LogP contribution >= 0.6 is 11.8 Å². The van der Waals surface area contributed by atoms with Crippen molar-refractivity contribution in [1.82, 2.24) is 19.8 Å². The fourth-order valence-corrected chi connectivity index (χ4v) is 2.48. The van der Waals surface area contributed by atoms with E-state index in [2.05, 4.69) is 33.9 Å². The summed E-state index contributed by atoms with van der Waals surface area (Å²) in [5.74, 6) is 0. The molecule has 1 N–H and O–H groups in total. The summed E-state index contributed by atoms with van der Waals surface area (Å²) in [5, 5.41) is 0.723. The van der Waals surface area contributed by atoms with Crippen LogP contribution in [-0.4, -0.2) is 59.8 Å². The Hall–Kier alpha value is -0.850. The van der Waals surface area contributed by atoms with Gasteiger partial charge in [-0.1, -0.05) is 11.8 Å². The molecule has 1 aliphatic heterocycles. The first-order valence-electron chi connectivity index (χ1n) is 6.13. The topological polar surface area (TPSA) is 52.2 Å². The van der Waals surface area contributed by atoms with Gasteiger partial charge in [-0.15, -0.1) is 0 Å². The van der Waals surface area contributed by atoms with E-state index in [0.29, 0.717) is 0 Å². The molecule has 0 aromatic carbocycles. The Morgan fingerprint density at radius 2 is 2.28 bits per heavy atom. The summed E-state index contributed by atoms with van der Waals surface area (Å²) in [5.41, 5.74) is 1.85. The lowest BCUT2D eigenvalue weighted by Gasteiger charge is -2.28. The van der Waals surface area contributed by atoms with Crippen molar-refractivity contribution in [2.45, 2.75) is 18.1 Å². The summed E-state index contributed by atoms with van der Waals surface area (Å²) < 4.78 is 0. The molecule has 1 aromatic heterocycles. The van der Waals surface area contributed by atoms with Gasteiger partial charge in [-0.2, -0.15) is 0 Å². The molecular formula is C12H20N4OS. The normalized spacial score (nSPS) is 16.0. The molecule has 0 spiro atoms. The number of hydrogen-bond acceptors (Lipinski definition) is 5. The molecule has 0 fully saturated rings. The summed E-state index contributed by atoms with van der Waals surface area (Å²) in [6, 6.07) is 0. The first-order valence-corrected chi connectivity index (χ1v) is 7.35. The summed E-state index contributed by atoms with van der Waals surface area (Å²) in [6.07, 6.45) is 2.80. The van der Waals surface area contributed by atoms with E-state index in [9.17, 15) is 4.79 Å². The number of aromatic nitrogens is 2. The zero-order valence-electron chi connectivity index (χ0n) is 11.2. The van der Waals surface area contributed by atoms with Crippen LogP contribution in [0.5, 0.6) is 0 Å². The lowest BCUT2D eigenvalue weighted by molar-refractivity contribution is 0.222. The largest absolute Gasteiger partial charge is 0.308 e. The predicted octanol–water partition coefficient (Wildman–Crippen LogP) is 0.411. The molecule has 6 heteroatoms. The van der Waals surface area contributed by atoms with Gasteiger partial charge in [0.1, 0.15) is 0 Å². The van der Waals surface area contributed by atoms with Crippen LogP contribution in [0, 0.1) is 0 Å². The summed E-state index contributed by atoms with van der Waals surface area (Å²) in [4.78, 5) is 23.8. The van der Waals surface area contributed by atoms with Crippen molar-refractivity contribution in [3.8, 4) is 0 Å². The third-order valence-electron chi connectivity index (χ3n) is 3.18. The maximum atomic E-state index is 12.0. The van der Waals surface area contributed by atoms with Crippen LogP contribution in [0.1, 0.15) is 11.3 Å². The van der Waals surface area contributed by atoms with Crippen molar-refractivity contribution in [1.29, 1.82) is 0 Å². The predicted molar refractivity (Wildman–Crippen MR) is 74.2 cm³/mol. The Kier molecular flexibility index (Phi) is 4.42. The lowest BCUT2D eigenvalue weighted by Crippen LogP contribution is -2.39. The first-order chi connectivity index (χ1) is 8.60. The van der Waals surface area contributed by atoms with Gasteiger partial charge in [0.05, 0.1) is 11.3 Å². The smallest absolute Gasteiger partial charge is 0.256 e. The van der Waals surface area contributed by atoms with E-state index < -0.39 is 0 Å². The van der Waals surface area contributed by atoms with Gasteiger partial charge in [-0.3, -0.25) is 9.69 Å². The average Bonchev–Trinajstić information content (AvgIpc) is 2.36. The van der Waals surface area contributed by atoms with Crippen LogP contribution in [-0.2, 0) is 13.0 Å². The molecule has 0 atom stereocenters. The van der Waals surface area contributed by atoms with E-state index in [0.717, 1.165) is 49.0 Å². The van der Waals surface area contributed by atoms with E-state index in [1.54, 1.807) is 0 Å². The second-order valence-corrected chi connectivity index (χ2v) is 5.62. The van der Waals surface area contributed by atoms with E-state index in [1.807, 2.05) is 6.26 Å². The Labute approximate surface area is 112 Å². The maximum Gasteiger partial charge on any atom is 0.256 e. The molecule has 0 bridgehead atoms. The molecule has 18 heavy (non-hydrogen) atoms. The minimum absolute atomic E-state index is 0.0268. The zero-order valence-corrected chi connectivity index (χ0v) is 12.0. The van der Waals surface area contributed by atoms with Crippen LogP contribution < -0.4 is 5.56 Å². The van der Waals surface area contributed by atoms with Gasteiger partial charge in [0, 0.05) is 32.6 Å². The van der Waals surface area contributed by atoms with Crippen LogP contribution in [0.4, 0.5) is 0 Å². The molecular weight excluding hydrogens is 248 g/mol. The van der Waals surface area contributed by atoms with E-state index >= 15 is 0 Å². The number of aromatic amines is 1. The minimum atomic E-state index is 0.0268. The summed E-state index contributed by atoms with van der Waals surface area (Å²) >= 11 is 1.48. The molecule has 0 amide bonds. The first kappa shape index (κ1) is 13.6. The number of nitrogens with zero attached hydrogens (tertiary/aromatic N) is 3. The Balaban J connectivity index is 2.12. The fraction of sp³-hybridized carbons (Fsp3) is 0.667. The zero-order chi connectivity index (χ0) is 13.1. The van der Waals surface area contributed by atoms with Gasteiger partial charge in [-0.05, 0) is 20.4 Å². The number of nitrogens with one attached hydrogen (secondary N) is 1. The monoisotopic (exact) mass is 268 g/mol. The van der Waals surface area contributed by atoms with Gasteiger partial charge < -0.3 is 9.88 Å². The number of thioether (sulfide) groups is 1. The minimum Gasteiger partial charge on any atom is -0.308 e. The number of rotatable bonds is 4. The quantitative estimate of drug-likeness (QED) is 0.633. The van der Waals surface area contributed by atoms with E-state index in [1.165, 1.54) is 11.8 Å². The molecule has 0 saturated carbocycles. The van der Waals surface area contributed by atoms with Crippen molar-refractivity contribution in [3.63, 3.8) is 0 Å². The molecule has 2 rings (SSSR count). The van der Waals surface area contributed by atoms with Gasteiger partial charge in [-0.25, -0.2) is 4.98 Å². The fourth-order valence-electron chi connectivity index (χ4n) is 2.09. The van der Waals surface area contributed by atoms with Crippen molar-refractivity contribution in [2.75, 3.05) is 40.0 Å².